The zero-order valence-corrected chi connectivity index (χ0v) is 20.9. The second-order valence-corrected chi connectivity index (χ2v) is 8.45. The lowest BCUT2D eigenvalue weighted by molar-refractivity contribution is 0.0178. The lowest BCUT2D eigenvalue weighted by atomic mass is 10.2. The van der Waals surface area contributed by atoms with Crippen LogP contribution in [0.2, 0.25) is 0 Å². The fourth-order valence-electron chi connectivity index (χ4n) is 2.94. The summed E-state index contributed by atoms with van der Waals surface area (Å²) >= 11 is 1.55. The molecule has 0 radical (unpaired) electrons. The summed E-state index contributed by atoms with van der Waals surface area (Å²) in [5, 5.41) is 0.825. The first kappa shape index (κ1) is 26.4. The second-order valence-electron chi connectivity index (χ2n) is 7.24. The third kappa shape index (κ3) is 8.21. The van der Waals surface area contributed by atoms with Gasteiger partial charge in [0.05, 0.1) is 45.8 Å². The van der Waals surface area contributed by atoms with Gasteiger partial charge in [0.25, 0.3) is 0 Å². The second kappa shape index (κ2) is 13.6. The van der Waals surface area contributed by atoms with Gasteiger partial charge < -0.3 is 39.9 Å². The van der Waals surface area contributed by atoms with Crippen LogP contribution in [0.5, 0.6) is 17.5 Å². The zero-order valence-electron chi connectivity index (χ0n) is 20.1. The maximum absolute atomic E-state index is 5.90. The van der Waals surface area contributed by atoms with Gasteiger partial charge in [-0.2, -0.15) is 9.97 Å². The number of nitrogen functional groups attached to an aromatic ring is 2. The Morgan fingerprint density at radius 2 is 1.49 bits per heavy atom. The van der Waals surface area contributed by atoms with E-state index in [0.29, 0.717) is 51.1 Å². The number of thiazole rings is 1. The van der Waals surface area contributed by atoms with Crippen molar-refractivity contribution in [2.45, 2.75) is 13.5 Å². The van der Waals surface area contributed by atoms with Crippen LogP contribution >= 0.6 is 11.3 Å². The van der Waals surface area contributed by atoms with Crippen LogP contribution in [0, 0.1) is 6.92 Å². The van der Waals surface area contributed by atoms with Crippen molar-refractivity contribution in [3.63, 3.8) is 0 Å². The van der Waals surface area contributed by atoms with E-state index in [1.807, 2.05) is 25.1 Å². The van der Waals surface area contributed by atoms with Crippen LogP contribution in [0.4, 0.5) is 11.6 Å². The molecule has 1 aromatic carbocycles. The van der Waals surface area contributed by atoms with Crippen molar-refractivity contribution in [3.8, 4) is 28.1 Å². The Hall–Kier alpha value is -3.19. The number of methoxy groups -OCH3 is 2. The number of anilines is 2. The maximum Gasteiger partial charge on any atom is 0.320 e. The summed E-state index contributed by atoms with van der Waals surface area (Å²) in [5.74, 6) is 1.73. The molecule has 0 aliphatic rings. The van der Waals surface area contributed by atoms with Gasteiger partial charge in [-0.15, -0.1) is 11.3 Å². The number of hydrogen-bond acceptors (Lipinski definition) is 12. The minimum absolute atomic E-state index is 0.111. The van der Waals surface area contributed by atoms with Gasteiger partial charge in [-0.3, -0.25) is 0 Å². The molecule has 12 heteroatoms. The molecule has 0 spiro atoms. The summed E-state index contributed by atoms with van der Waals surface area (Å²) in [7, 11) is 3.24. The van der Waals surface area contributed by atoms with Gasteiger partial charge in [-0.25, -0.2) is 4.98 Å². The quantitative estimate of drug-likeness (QED) is 0.294. The van der Waals surface area contributed by atoms with E-state index >= 15 is 0 Å². The first-order valence-electron chi connectivity index (χ1n) is 10.9. The van der Waals surface area contributed by atoms with Crippen LogP contribution in [0.15, 0.2) is 24.3 Å². The molecular formula is C23H31N5O6S. The summed E-state index contributed by atoms with van der Waals surface area (Å²) in [6.07, 6.45) is 0. The van der Waals surface area contributed by atoms with E-state index < -0.39 is 0 Å². The molecule has 0 fully saturated rings. The fraction of sp³-hybridized carbons (Fsp3) is 0.435. The molecule has 4 N–H and O–H groups in total. The number of nitrogens with zero attached hydrogens (tertiary/aromatic N) is 3. The first-order valence-corrected chi connectivity index (χ1v) is 11.8. The van der Waals surface area contributed by atoms with Gasteiger partial charge in [0.15, 0.2) is 11.5 Å². The minimum atomic E-state index is 0.111. The Morgan fingerprint density at radius 3 is 2.17 bits per heavy atom. The van der Waals surface area contributed by atoms with Crippen molar-refractivity contribution in [2.75, 3.05) is 65.3 Å². The highest BCUT2D eigenvalue weighted by Crippen LogP contribution is 2.35. The van der Waals surface area contributed by atoms with Crippen molar-refractivity contribution in [3.05, 3.63) is 34.8 Å². The number of nitrogens with two attached hydrogens (primary N) is 2. The van der Waals surface area contributed by atoms with E-state index in [0.717, 1.165) is 21.1 Å². The molecule has 0 unspecified atom stereocenters. The number of ether oxygens (including phenoxy) is 6. The van der Waals surface area contributed by atoms with E-state index in [9.17, 15) is 0 Å². The van der Waals surface area contributed by atoms with Crippen molar-refractivity contribution in [2.24, 2.45) is 0 Å². The lowest BCUT2D eigenvalue weighted by Crippen LogP contribution is -2.12. The molecule has 190 valence electrons. The molecule has 0 aliphatic carbocycles. The summed E-state index contributed by atoms with van der Waals surface area (Å²) in [4.78, 5) is 13.8. The molecule has 2 heterocycles. The van der Waals surface area contributed by atoms with Crippen LogP contribution in [0.3, 0.4) is 0 Å². The number of aryl methyl sites for hydroxylation is 1. The monoisotopic (exact) mass is 505 g/mol. The first-order chi connectivity index (χ1) is 17.0. The zero-order chi connectivity index (χ0) is 25.0. The molecule has 3 rings (SSSR count). The van der Waals surface area contributed by atoms with Gasteiger partial charge in [-0.05, 0) is 25.1 Å². The summed E-state index contributed by atoms with van der Waals surface area (Å²) in [6, 6.07) is 7.26. The maximum atomic E-state index is 5.90. The van der Waals surface area contributed by atoms with Crippen molar-refractivity contribution < 1.29 is 28.4 Å². The molecule has 2 aromatic heterocycles. The van der Waals surface area contributed by atoms with Crippen LogP contribution in [-0.2, 0) is 20.8 Å². The minimum Gasteiger partial charge on any atom is -0.493 e. The predicted molar refractivity (Wildman–Crippen MR) is 133 cm³/mol. The Balaban J connectivity index is 1.57. The van der Waals surface area contributed by atoms with Gasteiger partial charge in [-0.1, -0.05) is 0 Å². The normalized spacial score (nSPS) is 10.9. The van der Waals surface area contributed by atoms with Gasteiger partial charge in [0.1, 0.15) is 29.9 Å². The van der Waals surface area contributed by atoms with Gasteiger partial charge in [0, 0.05) is 23.6 Å². The van der Waals surface area contributed by atoms with Crippen LogP contribution < -0.4 is 25.7 Å². The fourth-order valence-corrected chi connectivity index (χ4v) is 3.86. The molecule has 11 nitrogen and oxygen atoms in total. The van der Waals surface area contributed by atoms with Crippen molar-refractivity contribution >= 4 is 23.0 Å². The van der Waals surface area contributed by atoms with Crippen LogP contribution in [-0.4, -0.2) is 68.8 Å². The SMILES string of the molecule is COCCOCCOCCOc1cc(-c2nc(COc3nc(N)cc(N)n3)c(C)s2)ccc1OC. The van der Waals surface area contributed by atoms with Crippen LogP contribution in [0.25, 0.3) is 10.6 Å². The Morgan fingerprint density at radius 1 is 0.800 bits per heavy atom. The topological polar surface area (TPSA) is 146 Å². The standard InChI is InChI=1S/C23H31N5O6S/c1-15-17(14-34-23-27-20(24)13-21(25)28-23)26-22(35-15)16-4-5-18(30-3)19(12-16)33-11-10-32-9-8-31-7-6-29-2/h4-5,12-13H,6-11,14H2,1-3H3,(H4,24,25,27,28). The Labute approximate surface area is 208 Å². The molecule has 0 bridgehead atoms. The molecule has 3 aromatic rings. The number of benzene rings is 1. The molecule has 0 atom stereocenters. The number of rotatable bonds is 15. The van der Waals surface area contributed by atoms with Crippen LogP contribution in [0.1, 0.15) is 10.6 Å². The average molecular weight is 506 g/mol. The largest absolute Gasteiger partial charge is 0.493 e. The molecule has 35 heavy (non-hydrogen) atoms. The highest BCUT2D eigenvalue weighted by atomic mass is 32.1. The smallest absolute Gasteiger partial charge is 0.320 e. The molecular weight excluding hydrogens is 474 g/mol. The Kier molecular flexibility index (Phi) is 10.3. The van der Waals surface area contributed by atoms with Gasteiger partial charge in [0.2, 0.25) is 0 Å². The summed E-state index contributed by atoms with van der Waals surface area (Å²) < 4.78 is 32.8. The lowest BCUT2D eigenvalue weighted by Gasteiger charge is -2.12. The summed E-state index contributed by atoms with van der Waals surface area (Å²) in [6.45, 7) is 5.08. The Bertz CT molecular complexity index is 1060. The average Bonchev–Trinajstić information content (AvgIpc) is 3.21. The van der Waals surface area contributed by atoms with Gasteiger partial charge >= 0.3 is 6.01 Å². The van der Waals surface area contributed by atoms with E-state index in [-0.39, 0.29) is 24.3 Å². The van der Waals surface area contributed by atoms with E-state index in [1.54, 1.807) is 25.6 Å². The summed E-state index contributed by atoms with van der Waals surface area (Å²) in [5.41, 5.74) is 13.1. The third-order valence-electron chi connectivity index (χ3n) is 4.68. The number of hydrogen-bond donors (Lipinski definition) is 2. The highest BCUT2D eigenvalue weighted by Gasteiger charge is 2.14. The van der Waals surface area contributed by atoms with E-state index in [4.69, 9.17) is 44.9 Å². The predicted octanol–water partition coefficient (Wildman–Crippen LogP) is 2.72. The van der Waals surface area contributed by atoms with Crippen molar-refractivity contribution in [1.82, 2.24) is 15.0 Å². The van der Waals surface area contributed by atoms with E-state index in [1.165, 1.54) is 6.07 Å². The number of aromatic nitrogens is 3. The third-order valence-corrected chi connectivity index (χ3v) is 5.74. The molecule has 0 saturated carbocycles. The highest BCUT2D eigenvalue weighted by molar-refractivity contribution is 7.15. The van der Waals surface area contributed by atoms with Crippen molar-refractivity contribution in [1.29, 1.82) is 0 Å². The molecule has 0 amide bonds. The van der Waals surface area contributed by atoms with E-state index in [2.05, 4.69) is 9.97 Å². The molecule has 0 saturated heterocycles. The molecule has 0 aliphatic heterocycles.